The Bertz CT molecular complexity index is 665. The molecule has 7 heteroatoms. The van der Waals surface area contributed by atoms with E-state index in [0.29, 0.717) is 24.3 Å². The smallest absolute Gasteiger partial charge is 0.270 e. The number of thiophene rings is 1. The van der Waals surface area contributed by atoms with Gasteiger partial charge in [0.25, 0.3) is 5.91 Å². The SMILES string of the molecule is CC(CNC(=O)c1csc(-c2cc(Br)cs2)n1)N(C)C1CC1. The summed E-state index contributed by atoms with van der Waals surface area (Å²) in [7, 11) is 2.13. The molecular formula is C15H18BrN3OS2. The van der Waals surface area contributed by atoms with Crippen LogP contribution in [0.2, 0.25) is 0 Å². The van der Waals surface area contributed by atoms with Crippen molar-refractivity contribution in [1.29, 1.82) is 0 Å². The number of carbonyl (C=O) groups excluding carboxylic acids is 1. The van der Waals surface area contributed by atoms with Crippen molar-refractivity contribution in [3.63, 3.8) is 0 Å². The number of rotatable bonds is 6. The van der Waals surface area contributed by atoms with Crippen molar-refractivity contribution in [3.05, 3.63) is 27.0 Å². The van der Waals surface area contributed by atoms with Crippen molar-refractivity contribution in [1.82, 2.24) is 15.2 Å². The average molecular weight is 400 g/mol. The summed E-state index contributed by atoms with van der Waals surface area (Å²) >= 11 is 6.57. The summed E-state index contributed by atoms with van der Waals surface area (Å²) in [5.41, 5.74) is 0.505. The number of thiazole rings is 1. The molecule has 0 aromatic carbocycles. The molecule has 3 rings (SSSR count). The van der Waals surface area contributed by atoms with Crippen molar-refractivity contribution in [2.45, 2.75) is 31.8 Å². The summed E-state index contributed by atoms with van der Waals surface area (Å²) in [4.78, 5) is 20.1. The number of aromatic nitrogens is 1. The van der Waals surface area contributed by atoms with Crippen LogP contribution < -0.4 is 5.32 Å². The van der Waals surface area contributed by atoms with Gasteiger partial charge < -0.3 is 5.32 Å². The molecule has 0 radical (unpaired) electrons. The van der Waals surface area contributed by atoms with Crippen LogP contribution in [0, 0.1) is 0 Å². The lowest BCUT2D eigenvalue weighted by molar-refractivity contribution is 0.0935. The molecule has 0 spiro atoms. The fourth-order valence-corrected chi connectivity index (χ4v) is 4.54. The maximum atomic E-state index is 12.2. The van der Waals surface area contributed by atoms with E-state index in [2.05, 4.69) is 45.1 Å². The predicted molar refractivity (Wildman–Crippen MR) is 95.7 cm³/mol. The van der Waals surface area contributed by atoms with Crippen LogP contribution in [0.1, 0.15) is 30.3 Å². The average Bonchev–Trinajstić information content (AvgIpc) is 3.07. The second-order valence-corrected chi connectivity index (χ2v) is 8.31. The van der Waals surface area contributed by atoms with E-state index in [4.69, 9.17) is 0 Å². The number of carbonyl (C=O) groups is 1. The van der Waals surface area contributed by atoms with Gasteiger partial charge in [-0.05, 0) is 48.8 Å². The molecule has 1 aliphatic rings. The van der Waals surface area contributed by atoms with E-state index in [0.717, 1.165) is 14.4 Å². The van der Waals surface area contributed by atoms with Crippen LogP contribution in [0.15, 0.2) is 21.3 Å². The van der Waals surface area contributed by atoms with Gasteiger partial charge in [0, 0.05) is 33.9 Å². The van der Waals surface area contributed by atoms with Gasteiger partial charge in [-0.2, -0.15) is 0 Å². The highest BCUT2D eigenvalue weighted by atomic mass is 79.9. The second-order valence-electron chi connectivity index (χ2n) is 5.62. The van der Waals surface area contributed by atoms with Crippen molar-refractivity contribution in [3.8, 4) is 9.88 Å². The van der Waals surface area contributed by atoms with Crippen LogP contribution in [0.5, 0.6) is 0 Å². The number of hydrogen-bond acceptors (Lipinski definition) is 5. The highest BCUT2D eigenvalue weighted by Crippen LogP contribution is 2.32. The lowest BCUT2D eigenvalue weighted by Gasteiger charge is -2.24. The summed E-state index contributed by atoms with van der Waals surface area (Å²) in [6.07, 6.45) is 2.56. The van der Waals surface area contributed by atoms with Gasteiger partial charge in [-0.25, -0.2) is 4.98 Å². The zero-order valence-electron chi connectivity index (χ0n) is 12.5. The molecule has 0 aliphatic heterocycles. The Morgan fingerprint density at radius 3 is 2.91 bits per heavy atom. The topological polar surface area (TPSA) is 45.2 Å². The molecule has 2 aromatic rings. The van der Waals surface area contributed by atoms with Gasteiger partial charge in [-0.1, -0.05) is 0 Å². The largest absolute Gasteiger partial charge is 0.349 e. The third-order valence-corrected chi connectivity index (χ3v) is 6.59. The molecule has 4 nitrogen and oxygen atoms in total. The van der Waals surface area contributed by atoms with Crippen LogP contribution in [0.25, 0.3) is 9.88 Å². The first-order chi connectivity index (χ1) is 10.5. The van der Waals surface area contributed by atoms with E-state index in [-0.39, 0.29) is 5.91 Å². The number of hydrogen-bond donors (Lipinski definition) is 1. The van der Waals surface area contributed by atoms with Gasteiger partial charge in [0.1, 0.15) is 10.7 Å². The molecule has 1 amide bonds. The highest BCUT2D eigenvalue weighted by molar-refractivity contribution is 9.10. The lowest BCUT2D eigenvalue weighted by atomic mass is 10.3. The summed E-state index contributed by atoms with van der Waals surface area (Å²) in [6, 6.07) is 3.08. The van der Waals surface area contributed by atoms with Crippen LogP contribution in [0.4, 0.5) is 0 Å². The fraction of sp³-hybridized carbons (Fsp3) is 0.467. The number of halogens is 1. The molecule has 2 aromatic heterocycles. The Morgan fingerprint density at radius 2 is 2.27 bits per heavy atom. The Balaban J connectivity index is 1.57. The van der Waals surface area contributed by atoms with Crippen LogP contribution in [-0.2, 0) is 0 Å². The highest BCUT2D eigenvalue weighted by Gasteiger charge is 2.29. The van der Waals surface area contributed by atoms with Gasteiger partial charge in [-0.15, -0.1) is 22.7 Å². The van der Waals surface area contributed by atoms with E-state index in [1.54, 1.807) is 11.3 Å². The monoisotopic (exact) mass is 399 g/mol. The summed E-state index contributed by atoms with van der Waals surface area (Å²) < 4.78 is 1.05. The first-order valence-corrected chi connectivity index (χ1v) is 9.80. The second kappa shape index (κ2) is 6.78. The molecular weight excluding hydrogens is 382 g/mol. The molecule has 1 aliphatic carbocycles. The van der Waals surface area contributed by atoms with E-state index in [9.17, 15) is 4.79 Å². The van der Waals surface area contributed by atoms with E-state index in [1.807, 2.05) is 16.8 Å². The van der Waals surface area contributed by atoms with E-state index in [1.165, 1.54) is 24.2 Å². The normalized spacial score (nSPS) is 16.0. The maximum absolute atomic E-state index is 12.2. The van der Waals surface area contributed by atoms with Crippen molar-refractivity contribution < 1.29 is 4.79 Å². The van der Waals surface area contributed by atoms with E-state index < -0.39 is 0 Å². The molecule has 2 heterocycles. The predicted octanol–water partition coefficient (Wildman–Crippen LogP) is 3.85. The molecule has 1 N–H and O–H groups in total. The van der Waals surface area contributed by atoms with Crippen LogP contribution in [-0.4, -0.2) is 41.5 Å². The first kappa shape index (κ1) is 16.1. The van der Waals surface area contributed by atoms with Gasteiger partial charge in [0.05, 0.1) is 4.88 Å². The third-order valence-electron chi connectivity index (χ3n) is 3.89. The minimum absolute atomic E-state index is 0.0887. The van der Waals surface area contributed by atoms with Crippen LogP contribution >= 0.6 is 38.6 Å². The molecule has 1 saturated carbocycles. The lowest BCUT2D eigenvalue weighted by Crippen LogP contribution is -2.41. The van der Waals surface area contributed by atoms with Crippen molar-refractivity contribution >= 4 is 44.5 Å². The molecule has 1 fully saturated rings. The number of likely N-dealkylation sites (N-methyl/N-ethyl adjacent to an activating group) is 1. The quantitative estimate of drug-likeness (QED) is 0.801. The van der Waals surface area contributed by atoms with Gasteiger partial charge >= 0.3 is 0 Å². The minimum Gasteiger partial charge on any atom is -0.349 e. The Labute approximate surface area is 146 Å². The Kier molecular flexibility index (Phi) is 4.97. The standard InChI is InChI=1S/C15H18BrN3OS2/c1-9(19(2)11-3-4-11)6-17-14(20)12-8-22-15(18-12)13-5-10(16)7-21-13/h5,7-9,11H,3-4,6H2,1-2H3,(H,17,20). The fourth-order valence-electron chi connectivity index (χ4n) is 2.23. The molecule has 0 bridgehead atoms. The number of nitrogens with one attached hydrogen (secondary N) is 1. The number of nitrogens with zero attached hydrogens (tertiary/aromatic N) is 2. The van der Waals surface area contributed by atoms with Gasteiger partial charge in [0.15, 0.2) is 0 Å². The summed E-state index contributed by atoms with van der Waals surface area (Å²) in [5.74, 6) is -0.0887. The number of amides is 1. The zero-order chi connectivity index (χ0) is 15.7. The third kappa shape index (κ3) is 3.76. The summed E-state index contributed by atoms with van der Waals surface area (Å²) in [5, 5.41) is 7.73. The van der Waals surface area contributed by atoms with Crippen molar-refractivity contribution in [2.75, 3.05) is 13.6 Å². The molecule has 0 saturated heterocycles. The van der Waals surface area contributed by atoms with Crippen LogP contribution in [0.3, 0.4) is 0 Å². The van der Waals surface area contributed by atoms with Crippen molar-refractivity contribution in [2.24, 2.45) is 0 Å². The Hall–Kier alpha value is -0.760. The molecule has 118 valence electrons. The van der Waals surface area contributed by atoms with Gasteiger partial charge in [0.2, 0.25) is 0 Å². The molecule has 1 atom stereocenters. The zero-order valence-corrected chi connectivity index (χ0v) is 15.7. The first-order valence-electron chi connectivity index (χ1n) is 7.24. The molecule has 22 heavy (non-hydrogen) atoms. The maximum Gasteiger partial charge on any atom is 0.270 e. The molecule has 1 unspecified atom stereocenters. The van der Waals surface area contributed by atoms with Gasteiger partial charge in [-0.3, -0.25) is 9.69 Å². The Morgan fingerprint density at radius 1 is 1.50 bits per heavy atom. The minimum atomic E-state index is -0.0887. The summed E-state index contributed by atoms with van der Waals surface area (Å²) in [6.45, 7) is 2.80. The van der Waals surface area contributed by atoms with E-state index >= 15 is 0 Å².